The maximum absolute atomic E-state index is 12.4. The van der Waals surface area contributed by atoms with Crippen LogP contribution in [0.4, 0.5) is 18.9 Å². The molecule has 0 aliphatic carbocycles. The van der Waals surface area contributed by atoms with Crippen LogP contribution in [0.5, 0.6) is 0 Å². The highest BCUT2D eigenvalue weighted by molar-refractivity contribution is 7.99. The second-order valence-corrected chi connectivity index (χ2v) is 4.69. The first kappa shape index (κ1) is 14.2. The molecule has 0 spiro atoms. The third-order valence-electron chi connectivity index (χ3n) is 2.24. The van der Waals surface area contributed by atoms with Crippen LogP contribution in [0.3, 0.4) is 0 Å². The van der Waals surface area contributed by atoms with Crippen LogP contribution in [0.2, 0.25) is 0 Å². The van der Waals surface area contributed by atoms with Gasteiger partial charge in [-0.25, -0.2) is 0 Å². The molecule has 0 saturated carbocycles. The summed E-state index contributed by atoms with van der Waals surface area (Å²) in [5, 5.41) is 9.35. The van der Waals surface area contributed by atoms with Crippen LogP contribution in [-0.2, 0) is 6.18 Å². The quantitative estimate of drug-likeness (QED) is 0.649. The molecule has 0 aromatic heterocycles. The first-order chi connectivity index (χ1) is 7.84. The van der Waals surface area contributed by atoms with Gasteiger partial charge in [0.1, 0.15) is 0 Å². The molecule has 0 heterocycles. The number of nitrogens with two attached hydrogens (primary N) is 1. The number of rotatable bonds is 4. The lowest BCUT2D eigenvalue weighted by molar-refractivity contribution is -0.137. The van der Waals surface area contributed by atoms with Gasteiger partial charge in [0.25, 0.3) is 0 Å². The molecule has 96 valence electrons. The zero-order chi connectivity index (χ0) is 13.1. The largest absolute Gasteiger partial charge is 0.416 e. The van der Waals surface area contributed by atoms with Gasteiger partial charge in [-0.1, -0.05) is 6.92 Å². The number of hydrogen-bond donors (Lipinski definition) is 2. The van der Waals surface area contributed by atoms with E-state index in [1.165, 1.54) is 17.8 Å². The van der Waals surface area contributed by atoms with E-state index in [-0.39, 0.29) is 5.69 Å². The van der Waals surface area contributed by atoms with Crippen molar-refractivity contribution in [2.75, 3.05) is 11.5 Å². The number of alkyl halides is 3. The Labute approximate surface area is 102 Å². The summed E-state index contributed by atoms with van der Waals surface area (Å²) in [7, 11) is 0. The van der Waals surface area contributed by atoms with Gasteiger partial charge in [0.2, 0.25) is 0 Å². The Balaban J connectivity index is 2.77. The maximum Gasteiger partial charge on any atom is 0.416 e. The fourth-order valence-electron chi connectivity index (χ4n) is 1.16. The van der Waals surface area contributed by atoms with Crippen molar-refractivity contribution in [3.05, 3.63) is 23.8 Å². The van der Waals surface area contributed by atoms with Gasteiger partial charge < -0.3 is 10.8 Å². The molecular formula is C11H14F3NOS. The topological polar surface area (TPSA) is 46.2 Å². The number of aliphatic hydroxyl groups excluding tert-OH is 1. The molecule has 1 aromatic rings. The van der Waals surface area contributed by atoms with Gasteiger partial charge in [0, 0.05) is 16.3 Å². The summed E-state index contributed by atoms with van der Waals surface area (Å²) in [5.41, 5.74) is 4.88. The molecule has 2 nitrogen and oxygen atoms in total. The fraction of sp³-hybridized carbons (Fsp3) is 0.455. The van der Waals surface area contributed by atoms with E-state index in [2.05, 4.69) is 0 Å². The predicted molar refractivity (Wildman–Crippen MR) is 62.9 cm³/mol. The van der Waals surface area contributed by atoms with Gasteiger partial charge >= 0.3 is 6.18 Å². The van der Waals surface area contributed by atoms with Crippen LogP contribution in [-0.4, -0.2) is 17.0 Å². The molecule has 3 N–H and O–H groups in total. The molecule has 1 rings (SSSR count). The highest BCUT2D eigenvalue weighted by atomic mass is 32.2. The number of halogens is 3. The average molecular weight is 265 g/mol. The molecule has 0 amide bonds. The van der Waals surface area contributed by atoms with E-state index in [9.17, 15) is 18.3 Å². The monoisotopic (exact) mass is 265 g/mol. The van der Waals surface area contributed by atoms with Gasteiger partial charge in [-0.2, -0.15) is 13.2 Å². The summed E-state index contributed by atoms with van der Waals surface area (Å²) in [6.45, 7) is 1.83. The summed E-state index contributed by atoms with van der Waals surface area (Å²) in [5.74, 6) is 0.423. The van der Waals surface area contributed by atoms with Crippen molar-refractivity contribution >= 4 is 17.4 Å². The number of aliphatic hydroxyl groups is 1. The summed E-state index contributed by atoms with van der Waals surface area (Å²) < 4.78 is 37.1. The van der Waals surface area contributed by atoms with Crippen molar-refractivity contribution < 1.29 is 18.3 Å². The molecule has 1 atom stereocenters. The molecule has 0 bridgehead atoms. The number of benzene rings is 1. The van der Waals surface area contributed by atoms with Gasteiger partial charge in [-0.15, -0.1) is 11.8 Å². The van der Waals surface area contributed by atoms with Crippen LogP contribution < -0.4 is 5.73 Å². The number of thioether (sulfide) groups is 1. The van der Waals surface area contributed by atoms with Crippen LogP contribution >= 0.6 is 11.8 Å². The minimum atomic E-state index is -4.37. The Morgan fingerprint density at radius 2 is 2.06 bits per heavy atom. The van der Waals surface area contributed by atoms with E-state index < -0.39 is 17.8 Å². The van der Waals surface area contributed by atoms with Gasteiger partial charge in [-0.05, 0) is 24.6 Å². The minimum absolute atomic E-state index is 0.0909. The van der Waals surface area contributed by atoms with E-state index in [4.69, 9.17) is 5.73 Å². The Morgan fingerprint density at radius 3 is 2.53 bits per heavy atom. The Kier molecular flexibility index (Phi) is 4.70. The Hall–Kier alpha value is -0.880. The fourth-order valence-corrected chi connectivity index (χ4v) is 2.16. The lowest BCUT2D eigenvalue weighted by atomic mass is 10.2. The molecule has 17 heavy (non-hydrogen) atoms. The molecule has 0 aliphatic heterocycles. The lowest BCUT2D eigenvalue weighted by Crippen LogP contribution is -2.08. The van der Waals surface area contributed by atoms with Crippen LogP contribution in [0.25, 0.3) is 0 Å². The van der Waals surface area contributed by atoms with Gasteiger partial charge in [-0.3, -0.25) is 0 Å². The van der Waals surface area contributed by atoms with Crippen molar-refractivity contribution in [3.8, 4) is 0 Å². The molecule has 0 aliphatic rings. The van der Waals surface area contributed by atoms with E-state index in [1.54, 1.807) is 0 Å². The summed E-state index contributed by atoms with van der Waals surface area (Å²) in [6, 6.07) is 3.25. The third kappa shape index (κ3) is 4.12. The molecular weight excluding hydrogens is 251 g/mol. The zero-order valence-corrected chi connectivity index (χ0v) is 10.1. The normalized spacial score (nSPS) is 13.7. The third-order valence-corrected chi connectivity index (χ3v) is 3.47. The molecule has 1 aromatic carbocycles. The molecule has 0 saturated heterocycles. The predicted octanol–water partition coefficient (Wildman–Crippen LogP) is 3.15. The van der Waals surface area contributed by atoms with E-state index in [0.717, 1.165) is 12.1 Å². The molecule has 6 heteroatoms. The van der Waals surface area contributed by atoms with Crippen LogP contribution in [0.15, 0.2) is 23.1 Å². The molecule has 0 radical (unpaired) electrons. The van der Waals surface area contributed by atoms with E-state index >= 15 is 0 Å². The SMILES string of the molecule is CCC(O)CSc1ccc(C(F)(F)F)cc1N. The van der Waals surface area contributed by atoms with E-state index in [0.29, 0.717) is 17.1 Å². The summed E-state index contributed by atoms with van der Waals surface area (Å²) >= 11 is 1.26. The summed E-state index contributed by atoms with van der Waals surface area (Å²) in [4.78, 5) is 0.561. The van der Waals surface area contributed by atoms with Gasteiger partial charge in [0.05, 0.1) is 11.7 Å². The average Bonchev–Trinajstić information content (AvgIpc) is 2.25. The first-order valence-electron chi connectivity index (χ1n) is 5.12. The van der Waals surface area contributed by atoms with Crippen molar-refractivity contribution in [2.45, 2.75) is 30.5 Å². The second kappa shape index (κ2) is 5.64. The first-order valence-corrected chi connectivity index (χ1v) is 6.10. The minimum Gasteiger partial charge on any atom is -0.398 e. The van der Waals surface area contributed by atoms with Crippen molar-refractivity contribution in [2.24, 2.45) is 0 Å². The van der Waals surface area contributed by atoms with Crippen molar-refractivity contribution in [1.29, 1.82) is 0 Å². The number of nitrogen functional groups attached to an aromatic ring is 1. The lowest BCUT2D eigenvalue weighted by Gasteiger charge is -2.12. The van der Waals surface area contributed by atoms with Crippen molar-refractivity contribution in [3.63, 3.8) is 0 Å². The second-order valence-electron chi connectivity index (χ2n) is 3.62. The molecule has 1 unspecified atom stereocenters. The number of hydrogen-bond acceptors (Lipinski definition) is 3. The Bertz CT molecular complexity index is 381. The smallest absolute Gasteiger partial charge is 0.398 e. The van der Waals surface area contributed by atoms with Crippen LogP contribution in [0, 0.1) is 0 Å². The number of anilines is 1. The highest BCUT2D eigenvalue weighted by Gasteiger charge is 2.30. The zero-order valence-electron chi connectivity index (χ0n) is 9.29. The van der Waals surface area contributed by atoms with E-state index in [1.807, 2.05) is 6.92 Å². The summed E-state index contributed by atoms with van der Waals surface area (Å²) in [6.07, 6.45) is -4.24. The maximum atomic E-state index is 12.4. The standard InChI is InChI=1S/C11H14F3NOS/c1-2-8(16)6-17-10-4-3-7(5-9(10)15)11(12,13)14/h3-5,8,16H,2,6,15H2,1H3. The molecule has 0 fully saturated rings. The van der Waals surface area contributed by atoms with Gasteiger partial charge in [0.15, 0.2) is 0 Å². The highest BCUT2D eigenvalue weighted by Crippen LogP contribution is 2.34. The Morgan fingerprint density at radius 1 is 1.41 bits per heavy atom. The van der Waals surface area contributed by atoms with Crippen LogP contribution in [0.1, 0.15) is 18.9 Å². The van der Waals surface area contributed by atoms with Crippen molar-refractivity contribution in [1.82, 2.24) is 0 Å².